The fraction of sp³-hybridized carbons (Fsp3) is 0.600. The van der Waals surface area contributed by atoms with E-state index in [-0.39, 0.29) is 0 Å². The maximum Gasteiger partial charge on any atom is -0.0195 e. The van der Waals surface area contributed by atoms with Crippen LogP contribution in [0.3, 0.4) is 0 Å². The molecule has 1 heteroatoms. The van der Waals surface area contributed by atoms with E-state index in [0.717, 1.165) is 6.42 Å². The Morgan fingerprint density at radius 1 is 1.67 bits per heavy atom. The van der Waals surface area contributed by atoms with Gasteiger partial charge in [0.1, 0.15) is 0 Å². The zero-order valence-electron chi connectivity index (χ0n) is 4.57. The van der Waals surface area contributed by atoms with E-state index in [0.29, 0.717) is 0 Å². The minimum absolute atomic E-state index is 1.08. The van der Waals surface area contributed by atoms with E-state index in [1.165, 1.54) is 7.05 Å². The topological polar surface area (TPSA) is 26.0 Å². The minimum Gasteiger partial charge on any atom is -0.333 e. The first-order chi connectivity index (χ1) is 2.91. The van der Waals surface area contributed by atoms with Crippen molar-refractivity contribution in [1.29, 1.82) is 0 Å². The molecule has 0 atom stereocenters. The first-order valence-corrected chi connectivity index (χ1v) is 2.10. The molecule has 0 aliphatic carbocycles. The van der Waals surface area contributed by atoms with Crippen molar-refractivity contribution >= 4 is 0 Å². The number of allylic oxidation sites excluding steroid dienone is 1. The molecular weight excluding hydrogens is 74.1 g/mol. The average molecular weight is 87.2 g/mol. The summed E-state index contributed by atoms with van der Waals surface area (Å²) in [6.45, 7) is 5.54. The van der Waals surface area contributed by atoms with Crippen LogP contribution in [0.4, 0.5) is 0 Å². The molecule has 1 nitrogen and oxygen atoms in total. The maximum absolute atomic E-state index is 4.50. The van der Waals surface area contributed by atoms with Crippen LogP contribution >= 0.6 is 0 Å². The third-order valence-corrected chi connectivity index (χ3v) is 0.289. The predicted molar refractivity (Wildman–Crippen MR) is 30.6 cm³/mol. The van der Waals surface area contributed by atoms with Gasteiger partial charge in [0.2, 0.25) is 0 Å². The molecule has 2 N–H and O–H groups in total. The Morgan fingerprint density at radius 3 is 1.83 bits per heavy atom. The molecule has 6 heavy (non-hydrogen) atoms. The van der Waals surface area contributed by atoms with Crippen LogP contribution in [0.15, 0.2) is 12.7 Å². The molecule has 0 spiro atoms. The van der Waals surface area contributed by atoms with Crippen molar-refractivity contribution in [2.45, 2.75) is 13.3 Å². The summed E-state index contributed by atoms with van der Waals surface area (Å²) in [4.78, 5) is 0. The molecule has 0 unspecified atom stereocenters. The number of rotatable bonds is 1. The van der Waals surface area contributed by atoms with Gasteiger partial charge in [0.05, 0.1) is 0 Å². The van der Waals surface area contributed by atoms with Crippen molar-refractivity contribution in [2.75, 3.05) is 7.05 Å². The van der Waals surface area contributed by atoms with Crippen molar-refractivity contribution in [2.24, 2.45) is 5.73 Å². The molecule has 0 bridgehead atoms. The van der Waals surface area contributed by atoms with Crippen molar-refractivity contribution in [3.8, 4) is 0 Å². The lowest BCUT2D eigenvalue weighted by Crippen LogP contribution is -1.69. The Balaban J connectivity index is 0. The third kappa shape index (κ3) is 55.0. The van der Waals surface area contributed by atoms with Gasteiger partial charge in [-0.1, -0.05) is 13.0 Å². The molecule has 0 saturated carbocycles. The lowest BCUT2D eigenvalue weighted by molar-refractivity contribution is 1.23. The quantitative estimate of drug-likeness (QED) is 0.477. The molecule has 0 heterocycles. The van der Waals surface area contributed by atoms with Gasteiger partial charge in [-0.3, -0.25) is 0 Å². The highest BCUT2D eigenvalue weighted by Gasteiger charge is 1.45. The summed E-state index contributed by atoms with van der Waals surface area (Å²) in [6, 6.07) is 0. The summed E-state index contributed by atoms with van der Waals surface area (Å²) in [5.74, 6) is 0. The second-order valence-corrected chi connectivity index (χ2v) is 0.697. The Hall–Kier alpha value is -0.300. The Morgan fingerprint density at radius 2 is 1.83 bits per heavy atom. The first kappa shape index (κ1) is 9.20. The molecule has 0 saturated heterocycles. The normalized spacial score (nSPS) is 5.17. The Labute approximate surface area is 39.9 Å². The van der Waals surface area contributed by atoms with E-state index in [9.17, 15) is 0 Å². The lowest BCUT2D eigenvalue weighted by Gasteiger charge is -1.57. The van der Waals surface area contributed by atoms with Crippen molar-refractivity contribution in [1.82, 2.24) is 0 Å². The molecule has 0 fully saturated rings. The van der Waals surface area contributed by atoms with Crippen molar-refractivity contribution in [3.05, 3.63) is 12.7 Å². The van der Waals surface area contributed by atoms with Crippen LogP contribution in [-0.4, -0.2) is 7.05 Å². The van der Waals surface area contributed by atoms with E-state index in [2.05, 4.69) is 19.2 Å². The fourth-order valence-corrected chi connectivity index (χ4v) is 0. The van der Waals surface area contributed by atoms with E-state index >= 15 is 0 Å². The predicted octanol–water partition coefficient (Wildman–Crippen LogP) is 1.16. The SMILES string of the molecule is C=CCC.CN. The van der Waals surface area contributed by atoms with Crippen molar-refractivity contribution < 1.29 is 0 Å². The van der Waals surface area contributed by atoms with E-state index in [4.69, 9.17) is 0 Å². The molecule has 0 aliphatic rings. The van der Waals surface area contributed by atoms with Gasteiger partial charge in [0.25, 0.3) is 0 Å². The summed E-state index contributed by atoms with van der Waals surface area (Å²) >= 11 is 0. The summed E-state index contributed by atoms with van der Waals surface area (Å²) in [5, 5.41) is 0. The van der Waals surface area contributed by atoms with Gasteiger partial charge in [0, 0.05) is 0 Å². The minimum atomic E-state index is 1.08. The van der Waals surface area contributed by atoms with Crippen LogP contribution in [0.1, 0.15) is 13.3 Å². The summed E-state index contributed by atoms with van der Waals surface area (Å²) in [5.41, 5.74) is 4.50. The number of hydrogen-bond donors (Lipinski definition) is 1. The van der Waals surface area contributed by atoms with E-state index in [1.54, 1.807) is 0 Å². The van der Waals surface area contributed by atoms with Crippen LogP contribution in [0, 0.1) is 0 Å². The third-order valence-electron chi connectivity index (χ3n) is 0.289. The van der Waals surface area contributed by atoms with Gasteiger partial charge in [-0.25, -0.2) is 0 Å². The summed E-state index contributed by atoms with van der Waals surface area (Å²) in [7, 11) is 1.50. The van der Waals surface area contributed by atoms with E-state index in [1.807, 2.05) is 6.08 Å². The van der Waals surface area contributed by atoms with Gasteiger partial charge < -0.3 is 5.73 Å². The fourth-order valence-electron chi connectivity index (χ4n) is 0. The van der Waals surface area contributed by atoms with Crippen molar-refractivity contribution in [3.63, 3.8) is 0 Å². The smallest absolute Gasteiger partial charge is 0.0195 e. The molecule has 0 rings (SSSR count). The van der Waals surface area contributed by atoms with Crippen LogP contribution in [-0.2, 0) is 0 Å². The lowest BCUT2D eigenvalue weighted by atomic mass is 10.5. The van der Waals surface area contributed by atoms with Gasteiger partial charge in [-0.05, 0) is 13.5 Å². The molecule has 0 aromatic rings. The second kappa shape index (κ2) is 22.3. The largest absolute Gasteiger partial charge is 0.333 e. The standard InChI is InChI=1S/C4H8.CH5N/c1-3-4-2;1-2/h3H,1,4H2,2H3;2H2,1H3. The monoisotopic (exact) mass is 87.1 g/mol. The average Bonchev–Trinajstić information content (AvgIpc) is 1.72. The molecule has 0 radical (unpaired) electrons. The molecule has 0 aliphatic heterocycles. The summed E-state index contributed by atoms with van der Waals surface area (Å²) in [6.07, 6.45) is 2.96. The number of nitrogens with two attached hydrogens (primary N) is 1. The second-order valence-electron chi connectivity index (χ2n) is 0.697. The molecule has 38 valence electrons. The van der Waals surface area contributed by atoms with Gasteiger partial charge >= 0.3 is 0 Å². The highest BCUT2D eigenvalue weighted by Crippen LogP contribution is 1.66. The molecule has 0 amide bonds. The highest BCUT2D eigenvalue weighted by atomic mass is 14.4. The molecular formula is C5H13N. The zero-order chi connectivity index (χ0) is 5.41. The van der Waals surface area contributed by atoms with Gasteiger partial charge in [-0.2, -0.15) is 0 Å². The van der Waals surface area contributed by atoms with Gasteiger partial charge in [0.15, 0.2) is 0 Å². The number of hydrogen-bond acceptors (Lipinski definition) is 1. The first-order valence-electron chi connectivity index (χ1n) is 2.10. The van der Waals surface area contributed by atoms with Crippen LogP contribution in [0.25, 0.3) is 0 Å². The molecule has 0 aromatic heterocycles. The van der Waals surface area contributed by atoms with Crippen LogP contribution in [0.5, 0.6) is 0 Å². The Bertz CT molecular complexity index is 17.9. The zero-order valence-corrected chi connectivity index (χ0v) is 4.57. The van der Waals surface area contributed by atoms with Crippen LogP contribution in [0.2, 0.25) is 0 Å². The Kier molecular flexibility index (Phi) is 34.1. The molecule has 0 aromatic carbocycles. The van der Waals surface area contributed by atoms with Gasteiger partial charge in [-0.15, -0.1) is 6.58 Å². The highest BCUT2D eigenvalue weighted by molar-refractivity contribution is 4.60. The van der Waals surface area contributed by atoms with Crippen LogP contribution < -0.4 is 5.73 Å². The van der Waals surface area contributed by atoms with E-state index < -0.39 is 0 Å². The maximum atomic E-state index is 4.50. The summed E-state index contributed by atoms with van der Waals surface area (Å²) < 4.78 is 0.